The van der Waals surface area contributed by atoms with Crippen molar-refractivity contribution in [3.05, 3.63) is 46.0 Å². The molecule has 1 atom stereocenters. The van der Waals surface area contributed by atoms with Gasteiger partial charge in [-0.1, -0.05) is 30.3 Å². The van der Waals surface area contributed by atoms with Gasteiger partial charge in [0.05, 0.1) is 7.11 Å². The average molecular weight is 240 g/mol. The van der Waals surface area contributed by atoms with Gasteiger partial charge in [0.2, 0.25) is 5.72 Å². The van der Waals surface area contributed by atoms with Crippen LogP contribution in [0.15, 0.2) is 30.3 Å². The van der Waals surface area contributed by atoms with Crippen LogP contribution in [0.5, 0.6) is 0 Å². The molecule has 0 aliphatic carbocycles. The number of hydrogen-bond donors (Lipinski definition) is 0. The van der Waals surface area contributed by atoms with E-state index in [4.69, 9.17) is 9.57 Å². The third kappa shape index (κ3) is 3.15. The zero-order chi connectivity index (χ0) is 12.9. The lowest BCUT2D eigenvalue weighted by atomic mass is 10.0. The van der Waals surface area contributed by atoms with Crippen molar-refractivity contribution in [2.75, 3.05) is 14.2 Å². The van der Waals surface area contributed by atoms with Gasteiger partial charge in [0.1, 0.15) is 0 Å². The van der Waals surface area contributed by atoms with Gasteiger partial charge in [0.15, 0.2) is 5.03 Å². The van der Waals surface area contributed by atoms with Crippen molar-refractivity contribution in [2.45, 2.75) is 19.1 Å². The highest BCUT2D eigenvalue weighted by Crippen LogP contribution is 2.21. The number of rotatable bonds is 6. The normalized spacial score (nSPS) is 14.1. The molecule has 6 heteroatoms. The first-order valence-electron chi connectivity index (χ1n) is 5.11. The molecule has 0 aliphatic heterocycles. The molecule has 0 saturated heterocycles. The molecule has 0 spiro atoms. The van der Waals surface area contributed by atoms with E-state index in [1.54, 1.807) is 6.92 Å². The summed E-state index contributed by atoms with van der Waals surface area (Å²) in [5.74, 6) is 0. The zero-order valence-electron chi connectivity index (χ0n) is 10.1. The largest absolute Gasteiger partial charge is 0.352 e. The van der Waals surface area contributed by atoms with Gasteiger partial charge >= 0.3 is 0 Å². The lowest BCUT2D eigenvalue weighted by Gasteiger charge is -2.30. The van der Waals surface area contributed by atoms with Crippen LogP contribution in [0.25, 0.3) is 0 Å². The van der Waals surface area contributed by atoms with E-state index in [9.17, 15) is 10.1 Å². The number of hydroxylamine groups is 1. The molecule has 1 unspecified atom stereocenters. The van der Waals surface area contributed by atoms with Gasteiger partial charge in [-0.2, -0.15) is 0 Å². The minimum absolute atomic E-state index is 0.346. The summed E-state index contributed by atoms with van der Waals surface area (Å²) in [6, 6.07) is 9.38. The summed E-state index contributed by atoms with van der Waals surface area (Å²) in [7, 11) is 2.66. The smallest absolute Gasteiger partial charge is 0.229 e. The fraction of sp³-hybridized carbons (Fsp3) is 0.455. The van der Waals surface area contributed by atoms with Gasteiger partial charge in [-0.3, -0.25) is 0 Å². The Bertz CT molecular complexity index is 371. The predicted molar refractivity (Wildman–Crippen MR) is 61.4 cm³/mol. The molecule has 0 saturated carbocycles. The van der Waals surface area contributed by atoms with Crippen molar-refractivity contribution in [1.29, 1.82) is 0 Å². The first-order chi connectivity index (χ1) is 8.03. The maximum atomic E-state index is 10.9. The summed E-state index contributed by atoms with van der Waals surface area (Å²) >= 11 is 0. The van der Waals surface area contributed by atoms with Crippen LogP contribution in [-0.4, -0.2) is 30.1 Å². The third-order valence-corrected chi connectivity index (χ3v) is 2.54. The Morgan fingerprint density at radius 2 is 1.94 bits per heavy atom. The van der Waals surface area contributed by atoms with E-state index in [-0.39, 0.29) is 0 Å². The van der Waals surface area contributed by atoms with Gasteiger partial charge in [0.25, 0.3) is 0 Å². The van der Waals surface area contributed by atoms with Crippen molar-refractivity contribution in [3.8, 4) is 0 Å². The van der Waals surface area contributed by atoms with Crippen LogP contribution in [-0.2, 0) is 16.0 Å². The van der Waals surface area contributed by atoms with Gasteiger partial charge in [-0.05, 0) is 12.5 Å². The second-order valence-corrected chi connectivity index (χ2v) is 3.73. The van der Waals surface area contributed by atoms with E-state index in [1.165, 1.54) is 14.2 Å². The molecule has 0 bridgehead atoms. The molecule has 0 heterocycles. The molecule has 17 heavy (non-hydrogen) atoms. The number of nitro groups is 1. The third-order valence-electron chi connectivity index (χ3n) is 2.54. The summed E-state index contributed by atoms with van der Waals surface area (Å²) in [6.45, 7) is 1.60. The molecule has 1 aromatic carbocycles. The standard InChI is InChI=1S/C11H16N2O4/c1-11(16-2,12(17-3)13(14)15)9-10-7-5-4-6-8-10/h4-8H,9H2,1-3H3. The van der Waals surface area contributed by atoms with Gasteiger partial charge in [-0.15, -0.1) is 0 Å². The first kappa shape index (κ1) is 13.4. The Hall–Kier alpha value is -1.66. The van der Waals surface area contributed by atoms with Crippen LogP contribution >= 0.6 is 0 Å². The quantitative estimate of drug-likeness (QED) is 0.429. The topological polar surface area (TPSA) is 64.8 Å². The van der Waals surface area contributed by atoms with Crippen LogP contribution < -0.4 is 0 Å². The Morgan fingerprint density at radius 1 is 1.35 bits per heavy atom. The second-order valence-electron chi connectivity index (χ2n) is 3.73. The first-order valence-corrected chi connectivity index (χ1v) is 5.11. The molecule has 0 aliphatic rings. The van der Waals surface area contributed by atoms with Crippen LogP contribution in [0.4, 0.5) is 0 Å². The van der Waals surface area contributed by atoms with Crippen molar-refractivity contribution in [3.63, 3.8) is 0 Å². The molecular weight excluding hydrogens is 224 g/mol. The minimum Gasteiger partial charge on any atom is -0.352 e. The van der Waals surface area contributed by atoms with Crippen LogP contribution in [0.2, 0.25) is 0 Å². The number of methoxy groups -OCH3 is 1. The molecule has 94 valence electrons. The van der Waals surface area contributed by atoms with Crippen molar-refractivity contribution in [2.24, 2.45) is 0 Å². The van der Waals surface area contributed by atoms with E-state index in [1.807, 2.05) is 30.3 Å². The van der Waals surface area contributed by atoms with Gasteiger partial charge in [0, 0.05) is 18.7 Å². The Morgan fingerprint density at radius 3 is 2.35 bits per heavy atom. The number of hydrazine groups is 1. The molecule has 0 fully saturated rings. The van der Waals surface area contributed by atoms with E-state index in [0.29, 0.717) is 11.6 Å². The fourth-order valence-electron chi connectivity index (χ4n) is 1.62. The zero-order valence-corrected chi connectivity index (χ0v) is 10.1. The van der Waals surface area contributed by atoms with Crippen LogP contribution in [0.3, 0.4) is 0 Å². The molecular formula is C11H16N2O4. The van der Waals surface area contributed by atoms with E-state index < -0.39 is 10.8 Å². The Balaban J connectivity index is 2.92. The second kappa shape index (κ2) is 5.60. The lowest BCUT2D eigenvalue weighted by Crippen LogP contribution is -2.51. The highest BCUT2D eigenvalue weighted by molar-refractivity contribution is 5.16. The summed E-state index contributed by atoms with van der Waals surface area (Å²) in [4.78, 5) is 15.6. The van der Waals surface area contributed by atoms with Gasteiger partial charge in [-0.25, -0.2) is 15.0 Å². The average Bonchev–Trinajstić information content (AvgIpc) is 2.30. The number of hydrogen-bond acceptors (Lipinski definition) is 4. The maximum Gasteiger partial charge on any atom is 0.229 e. The Labute approximate surface area is 99.8 Å². The van der Waals surface area contributed by atoms with Crippen molar-refractivity contribution in [1.82, 2.24) is 5.17 Å². The lowest BCUT2D eigenvalue weighted by molar-refractivity contribution is -0.763. The highest BCUT2D eigenvalue weighted by Gasteiger charge is 2.41. The molecule has 1 rings (SSSR count). The fourth-order valence-corrected chi connectivity index (χ4v) is 1.62. The van der Waals surface area contributed by atoms with Gasteiger partial charge < -0.3 is 4.74 Å². The maximum absolute atomic E-state index is 10.9. The molecule has 0 radical (unpaired) electrons. The monoisotopic (exact) mass is 240 g/mol. The summed E-state index contributed by atoms with van der Waals surface area (Å²) < 4.78 is 5.22. The summed E-state index contributed by atoms with van der Waals surface area (Å²) in [6.07, 6.45) is 0.346. The summed E-state index contributed by atoms with van der Waals surface area (Å²) in [5.41, 5.74) is -0.222. The van der Waals surface area contributed by atoms with E-state index in [0.717, 1.165) is 5.56 Å². The van der Waals surface area contributed by atoms with Crippen LogP contribution in [0, 0.1) is 10.1 Å². The number of ether oxygens (including phenoxy) is 1. The SMILES string of the molecule is CON([N+](=O)[O-])C(C)(Cc1ccccc1)OC. The number of nitrogens with zero attached hydrogens (tertiary/aromatic N) is 2. The van der Waals surface area contributed by atoms with E-state index in [2.05, 4.69) is 0 Å². The van der Waals surface area contributed by atoms with Crippen molar-refractivity contribution < 1.29 is 14.6 Å². The number of benzene rings is 1. The Kier molecular flexibility index (Phi) is 4.42. The van der Waals surface area contributed by atoms with Crippen LogP contribution in [0.1, 0.15) is 12.5 Å². The molecule has 0 amide bonds. The van der Waals surface area contributed by atoms with E-state index >= 15 is 0 Å². The minimum atomic E-state index is -1.15. The molecule has 6 nitrogen and oxygen atoms in total. The summed E-state index contributed by atoms with van der Waals surface area (Å²) in [5, 5.41) is 10.8. The molecule has 1 aromatic rings. The predicted octanol–water partition coefficient (Wildman–Crippen LogP) is 1.65. The molecule has 0 N–H and O–H groups in total. The highest BCUT2D eigenvalue weighted by atomic mass is 16.9. The molecule has 0 aromatic heterocycles. The van der Waals surface area contributed by atoms with Crippen molar-refractivity contribution >= 4 is 0 Å².